The minimum Gasteiger partial charge on any atom is -0.370 e. The summed E-state index contributed by atoms with van der Waals surface area (Å²) in [6, 6.07) is -3.71. The molecule has 0 radical (unpaired) electrons. The Morgan fingerprint density at radius 3 is 1.64 bits per heavy atom. The van der Waals surface area contributed by atoms with Crippen LogP contribution in [0.3, 0.4) is 0 Å². The highest BCUT2D eigenvalue weighted by molar-refractivity contribution is 5.94. The predicted octanol–water partition coefficient (Wildman–Crippen LogP) is -2.57. The van der Waals surface area contributed by atoms with E-state index in [2.05, 4.69) is 31.3 Å². The number of hydrogen-bond acceptors (Lipinski definition) is 8. The van der Waals surface area contributed by atoms with E-state index in [4.69, 9.17) is 28.7 Å². The summed E-state index contributed by atoms with van der Waals surface area (Å²) in [5.41, 5.74) is 26.9. The standard InChI is InChI=1S/C26H51N11O5/c1-16(2)14-21(24(42)35-18(15-38)8-6-12-32-25(28)29)37-23(41)20(10-7-13-33-26(30)31)36-22(40)19(34-17(3)39)9-4-5-11-27/h15-16,18-21H,4-14,27H2,1-3H3,(H,34,39)(H,35,42)(H,36,40)(H,37,41)(H4,28,29,32)(H4,30,31,33). The topological polar surface area (TPSA) is 288 Å². The molecule has 16 nitrogen and oxygen atoms in total. The summed E-state index contributed by atoms with van der Waals surface area (Å²) in [7, 11) is 0. The lowest BCUT2D eigenvalue weighted by Gasteiger charge is -2.26. The van der Waals surface area contributed by atoms with Crippen LogP contribution in [0.25, 0.3) is 0 Å². The summed E-state index contributed by atoms with van der Waals surface area (Å²) in [5, 5.41) is 10.7. The number of nitrogens with zero attached hydrogens (tertiary/aromatic N) is 2. The van der Waals surface area contributed by atoms with Crippen LogP contribution in [0, 0.1) is 5.92 Å². The lowest BCUT2D eigenvalue weighted by molar-refractivity contribution is -0.134. The molecule has 4 atom stereocenters. The van der Waals surface area contributed by atoms with Gasteiger partial charge in [0.2, 0.25) is 23.6 Å². The van der Waals surface area contributed by atoms with E-state index >= 15 is 0 Å². The van der Waals surface area contributed by atoms with Crippen LogP contribution in [-0.2, 0) is 24.0 Å². The summed E-state index contributed by atoms with van der Waals surface area (Å²) in [4.78, 5) is 70.8. The van der Waals surface area contributed by atoms with Crippen LogP contribution in [0.15, 0.2) is 9.98 Å². The number of nitrogens with one attached hydrogen (secondary N) is 4. The van der Waals surface area contributed by atoms with Crippen molar-refractivity contribution in [1.82, 2.24) is 21.3 Å². The summed E-state index contributed by atoms with van der Waals surface area (Å²) >= 11 is 0. The van der Waals surface area contributed by atoms with Crippen molar-refractivity contribution in [1.29, 1.82) is 0 Å². The van der Waals surface area contributed by atoms with E-state index in [0.29, 0.717) is 57.9 Å². The van der Waals surface area contributed by atoms with Crippen LogP contribution in [-0.4, -0.2) is 85.6 Å². The van der Waals surface area contributed by atoms with E-state index in [1.807, 2.05) is 13.8 Å². The maximum Gasteiger partial charge on any atom is 0.243 e. The van der Waals surface area contributed by atoms with Gasteiger partial charge < -0.3 is 54.7 Å². The molecule has 0 aliphatic rings. The molecule has 0 fully saturated rings. The molecule has 0 heterocycles. The Labute approximate surface area is 247 Å². The third-order valence-electron chi connectivity index (χ3n) is 6.02. The molecule has 4 amide bonds. The fourth-order valence-electron chi connectivity index (χ4n) is 4.00. The number of nitrogens with two attached hydrogens (primary N) is 5. The quantitative estimate of drug-likeness (QED) is 0.0272. The van der Waals surface area contributed by atoms with Gasteiger partial charge in [0, 0.05) is 20.0 Å². The van der Waals surface area contributed by atoms with E-state index < -0.39 is 47.8 Å². The van der Waals surface area contributed by atoms with Gasteiger partial charge in [0.1, 0.15) is 24.4 Å². The Balaban J connectivity index is 5.72. The molecule has 0 bridgehead atoms. The molecule has 0 spiro atoms. The monoisotopic (exact) mass is 597 g/mol. The summed E-state index contributed by atoms with van der Waals surface area (Å²) in [6.45, 7) is 6.00. The van der Waals surface area contributed by atoms with Crippen molar-refractivity contribution < 1.29 is 24.0 Å². The summed E-state index contributed by atoms with van der Waals surface area (Å²) in [6.07, 6.45) is 3.73. The van der Waals surface area contributed by atoms with Crippen molar-refractivity contribution in [3.63, 3.8) is 0 Å². The molecule has 0 rings (SSSR count). The van der Waals surface area contributed by atoms with Gasteiger partial charge in [-0.3, -0.25) is 29.2 Å². The van der Waals surface area contributed by atoms with Crippen LogP contribution < -0.4 is 49.9 Å². The fourth-order valence-corrected chi connectivity index (χ4v) is 4.00. The van der Waals surface area contributed by atoms with Crippen molar-refractivity contribution in [2.75, 3.05) is 19.6 Å². The van der Waals surface area contributed by atoms with Crippen molar-refractivity contribution in [3.8, 4) is 0 Å². The summed E-state index contributed by atoms with van der Waals surface area (Å²) in [5.74, 6) is -2.25. The SMILES string of the molecule is CC(=O)NC(CCCCN)C(=O)NC(CCCN=C(N)N)C(=O)NC(CC(C)C)C(=O)NC(C=O)CCCN=C(N)N. The third kappa shape index (κ3) is 18.4. The van der Waals surface area contributed by atoms with E-state index in [0.717, 1.165) is 0 Å². The fraction of sp³-hybridized carbons (Fsp3) is 0.731. The van der Waals surface area contributed by atoms with Crippen molar-refractivity contribution >= 4 is 41.8 Å². The Kier molecular flexibility index (Phi) is 19.7. The minimum atomic E-state index is -1.05. The third-order valence-corrected chi connectivity index (χ3v) is 6.02. The second-order valence-corrected chi connectivity index (χ2v) is 10.4. The highest BCUT2D eigenvalue weighted by Gasteiger charge is 2.30. The average molecular weight is 598 g/mol. The second kappa shape index (κ2) is 21.8. The van der Waals surface area contributed by atoms with Crippen LogP contribution in [0.5, 0.6) is 0 Å². The number of amides is 4. The number of guanidine groups is 2. The van der Waals surface area contributed by atoms with Crippen molar-refractivity contribution in [2.24, 2.45) is 44.6 Å². The largest absolute Gasteiger partial charge is 0.370 e. The normalized spacial score (nSPS) is 13.5. The zero-order chi connectivity index (χ0) is 32.1. The molecule has 0 aromatic rings. The second-order valence-electron chi connectivity index (χ2n) is 10.4. The molecule has 0 aromatic carbocycles. The van der Waals surface area contributed by atoms with Gasteiger partial charge in [-0.1, -0.05) is 13.8 Å². The number of carbonyl (C=O) groups is 5. The first-order chi connectivity index (χ1) is 19.8. The molecule has 14 N–H and O–H groups in total. The Morgan fingerprint density at radius 2 is 1.17 bits per heavy atom. The van der Waals surface area contributed by atoms with E-state index in [1.165, 1.54) is 6.92 Å². The highest BCUT2D eigenvalue weighted by Crippen LogP contribution is 2.09. The zero-order valence-electron chi connectivity index (χ0n) is 25.1. The van der Waals surface area contributed by atoms with E-state index in [1.54, 1.807) is 0 Å². The van der Waals surface area contributed by atoms with Crippen molar-refractivity contribution in [2.45, 2.75) is 96.3 Å². The van der Waals surface area contributed by atoms with Crippen LogP contribution >= 0.6 is 0 Å². The minimum absolute atomic E-state index is 0.0131. The molecule has 0 saturated carbocycles. The maximum atomic E-state index is 13.4. The molecule has 4 unspecified atom stereocenters. The number of aldehydes is 1. The lowest BCUT2D eigenvalue weighted by Crippen LogP contribution is -2.57. The van der Waals surface area contributed by atoms with Gasteiger partial charge in [-0.15, -0.1) is 0 Å². The Bertz CT molecular complexity index is 918. The Hall–Kier alpha value is -3.95. The first-order valence-corrected chi connectivity index (χ1v) is 14.2. The highest BCUT2D eigenvalue weighted by atomic mass is 16.2. The van der Waals surface area contributed by atoms with E-state index in [9.17, 15) is 24.0 Å². The summed E-state index contributed by atoms with van der Waals surface area (Å²) < 4.78 is 0. The smallest absolute Gasteiger partial charge is 0.243 e. The molecular weight excluding hydrogens is 546 g/mol. The van der Waals surface area contributed by atoms with Crippen LogP contribution in [0.2, 0.25) is 0 Å². The first-order valence-electron chi connectivity index (χ1n) is 14.2. The Morgan fingerprint density at radius 1 is 0.690 bits per heavy atom. The number of carbonyl (C=O) groups excluding carboxylic acids is 5. The van der Waals surface area contributed by atoms with Gasteiger partial charge in [-0.05, 0) is 63.8 Å². The molecule has 0 aliphatic heterocycles. The van der Waals surface area contributed by atoms with Crippen LogP contribution in [0.4, 0.5) is 0 Å². The molecular formula is C26H51N11O5. The molecule has 0 aliphatic carbocycles. The van der Waals surface area contributed by atoms with Gasteiger partial charge in [0.25, 0.3) is 0 Å². The average Bonchev–Trinajstić information content (AvgIpc) is 2.90. The predicted molar refractivity (Wildman–Crippen MR) is 162 cm³/mol. The van der Waals surface area contributed by atoms with Gasteiger partial charge in [-0.25, -0.2) is 0 Å². The number of aliphatic imine (C=N–C) groups is 2. The number of rotatable bonds is 22. The van der Waals surface area contributed by atoms with Crippen molar-refractivity contribution in [3.05, 3.63) is 0 Å². The van der Waals surface area contributed by atoms with E-state index in [-0.39, 0.29) is 37.2 Å². The zero-order valence-corrected chi connectivity index (χ0v) is 25.1. The maximum absolute atomic E-state index is 13.4. The molecule has 42 heavy (non-hydrogen) atoms. The first kappa shape index (κ1) is 38.0. The van der Waals surface area contributed by atoms with Crippen LogP contribution in [0.1, 0.15) is 72.1 Å². The van der Waals surface area contributed by atoms with Gasteiger partial charge in [-0.2, -0.15) is 0 Å². The van der Waals surface area contributed by atoms with Gasteiger partial charge in [0.15, 0.2) is 11.9 Å². The molecule has 16 heteroatoms. The molecule has 240 valence electrons. The molecule has 0 saturated heterocycles. The lowest BCUT2D eigenvalue weighted by atomic mass is 10.0. The van der Waals surface area contributed by atoms with Gasteiger partial charge >= 0.3 is 0 Å². The number of unbranched alkanes of at least 4 members (excludes halogenated alkanes) is 1. The molecule has 0 aromatic heterocycles. The number of hydrogen-bond donors (Lipinski definition) is 9. The van der Waals surface area contributed by atoms with Gasteiger partial charge in [0.05, 0.1) is 6.04 Å².